The zero-order valence-corrected chi connectivity index (χ0v) is 5.88. The van der Waals surface area contributed by atoms with Gasteiger partial charge in [0.2, 0.25) is 0 Å². The van der Waals surface area contributed by atoms with Crippen molar-refractivity contribution < 1.29 is 9.18 Å². The smallest absolute Gasteiger partial charge is 0.193 e. The van der Waals surface area contributed by atoms with E-state index in [9.17, 15) is 9.18 Å². The van der Waals surface area contributed by atoms with E-state index in [1.807, 2.05) is 0 Å². The van der Waals surface area contributed by atoms with Gasteiger partial charge in [0.25, 0.3) is 0 Å². The Hall–Kier alpha value is -1.38. The van der Waals surface area contributed by atoms with Crippen LogP contribution in [0.4, 0.5) is 10.1 Å². The minimum Gasteiger partial charge on any atom is -0.399 e. The summed E-state index contributed by atoms with van der Waals surface area (Å²) in [5.74, 6) is -0.530. The number of halogens is 1. The molecule has 0 aliphatic carbocycles. The third kappa shape index (κ3) is 1.77. The molecule has 0 amide bonds. The lowest BCUT2D eigenvalue weighted by molar-refractivity contribution is 0.0959. The summed E-state index contributed by atoms with van der Waals surface area (Å²) in [5.41, 5.74) is 6.18. The molecule has 3 heteroatoms. The van der Waals surface area contributed by atoms with Crippen LogP contribution in [-0.4, -0.2) is 12.5 Å². The van der Waals surface area contributed by atoms with E-state index in [4.69, 9.17) is 5.73 Å². The van der Waals surface area contributed by atoms with Gasteiger partial charge < -0.3 is 5.73 Å². The highest BCUT2D eigenvalue weighted by Gasteiger charge is 2.03. The van der Waals surface area contributed by atoms with Crippen LogP contribution in [0.5, 0.6) is 0 Å². The number of hydrogen-bond acceptors (Lipinski definition) is 2. The lowest BCUT2D eigenvalue weighted by Gasteiger charge is -1.96. The number of anilines is 1. The topological polar surface area (TPSA) is 43.1 Å². The summed E-state index contributed by atoms with van der Waals surface area (Å²) in [4.78, 5) is 10.7. The van der Waals surface area contributed by atoms with Gasteiger partial charge in [0, 0.05) is 11.3 Å². The van der Waals surface area contributed by atoms with E-state index in [2.05, 4.69) is 0 Å². The second kappa shape index (κ2) is 3.14. The second-order valence-electron chi connectivity index (χ2n) is 2.18. The van der Waals surface area contributed by atoms with Crippen molar-refractivity contribution in [2.45, 2.75) is 0 Å². The van der Waals surface area contributed by atoms with Crippen molar-refractivity contribution >= 4 is 11.5 Å². The zero-order chi connectivity index (χ0) is 8.27. The molecule has 0 bridgehead atoms. The average Bonchev–Trinajstić information content (AvgIpc) is 2.03. The molecule has 0 radical (unpaired) electrons. The summed E-state index contributed by atoms with van der Waals surface area (Å²) in [6.07, 6.45) is 0. The summed E-state index contributed by atoms with van der Waals surface area (Å²) in [6.45, 7) is -0.969. The maximum absolute atomic E-state index is 11.8. The van der Waals surface area contributed by atoms with Crippen molar-refractivity contribution in [1.82, 2.24) is 0 Å². The zero-order valence-electron chi connectivity index (χ0n) is 5.88. The van der Waals surface area contributed by atoms with E-state index in [0.717, 1.165) is 0 Å². The summed E-state index contributed by atoms with van der Waals surface area (Å²) in [7, 11) is 0. The highest BCUT2D eigenvalue weighted by molar-refractivity contribution is 5.97. The van der Waals surface area contributed by atoms with Gasteiger partial charge in [0.1, 0.15) is 0 Å². The van der Waals surface area contributed by atoms with E-state index >= 15 is 0 Å². The molecule has 0 unspecified atom stereocenters. The molecular weight excluding hydrogens is 145 g/mol. The maximum Gasteiger partial charge on any atom is 0.193 e. The Balaban J connectivity index is 2.96. The molecule has 2 N–H and O–H groups in total. The maximum atomic E-state index is 11.8. The molecule has 11 heavy (non-hydrogen) atoms. The highest BCUT2D eigenvalue weighted by atomic mass is 19.1. The van der Waals surface area contributed by atoms with Gasteiger partial charge in [-0.2, -0.15) is 0 Å². The predicted octanol–water partition coefficient (Wildman–Crippen LogP) is 1.42. The third-order valence-electron chi connectivity index (χ3n) is 1.33. The molecule has 0 saturated heterocycles. The summed E-state index contributed by atoms with van der Waals surface area (Å²) in [6, 6.07) is 6.27. The van der Waals surface area contributed by atoms with Gasteiger partial charge >= 0.3 is 0 Å². The molecule has 0 aliphatic heterocycles. The molecule has 2 nitrogen and oxygen atoms in total. The fourth-order valence-electron chi connectivity index (χ4n) is 0.789. The van der Waals surface area contributed by atoms with Gasteiger partial charge in [-0.25, -0.2) is 4.39 Å². The normalized spacial score (nSPS) is 9.55. The van der Waals surface area contributed by atoms with E-state index in [-0.39, 0.29) is 0 Å². The first-order valence-corrected chi connectivity index (χ1v) is 3.18. The van der Waals surface area contributed by atoms with Crippen LogP contribution in [0.25, 0.3) is 0 Å². The molecule has 1 rings (SSSR count). The molecule has 0 heterocycles. The quantitative estimate of drug-likeness (QED) is 0.515. The van der Waals surface area contributed by atoms with Gasteiger partial charge in [-0.3, -0.25) is 4.79 Å². The second-order valence-corrected chi connectivity index (χ2v) is 2.18. The van der Waals surface area contributed by atoms with Gasteiger partial charge in [-0.05, 0) is 12.1 Å². The Morgan fingerprint density at radius 2 is 2.27 bits per heavy atom. The third-order valence-corrected chi connectivity index (χ3v) is 1.33. The summed E-state index contributed by atoms with van der Waals surface area (Å²) in [5, 5.41) is 0. The van der Waals surface area contributed by atoms with Gasteiger partial charge in [-0.1, -0.05) is 12.1 Å². The molecule has 0 spiro atoms. The first-order chi connectivity index (χ1) is 5.24. The number of carbonyl (C=O) groups excluding carboxylic acids is 1. The van der Waals surface area contributed by atoms with E-state index in [1.165, 1.54) is 12.1 Å². The van der Waals surface area contributed by atoms with Crippen LogP contribution < -0.4 is 5.73 Å². The lowest BCUT2D eigenvalue weighted by atomic mass is 10.1. The number of nitrogens with two attached hydrogens (primary N) is 1. The molecule has 0 aromatic heterocycles. The fraction of sp³-hybridized carbons (Fsp3) is 0.125. The standard InChI is InChI=1S/C8H8FNO/c9-5-8(11)6-2-1-3-7(10)4-6/h1-4H,5,10H2. The minimum absolute atomic E-state index is 0.326. The van der Waals surface area contributed by atoms with Crippen molar-refractivity contribution in [3.63, 3.8) is 0 Å². The molecular formula is C8H8FNO. The Kier molecular flexibility index (Phi) is 2.21. The molecule has 1 aromatic carbocycles. The average molecular weight is 153 g/mol. The van der Waals surface area contributed by atoms with Crippen molar-refractivity contribution in [3.05, 3.63) is 29.8 Å². The monoisotopic (exact) mass is 153 g/mol. The Morgan fingerprint density at radius 3 is 2.82 bits per heavy atom. The number of alkyl halides is 1. The van der Waals surface area contributed by atoms with Crippen LogP contribution in [0, 0.1) is 0 Å². The number of ketones is 1. The number of Topliss-reactive ketones (excluding diaryl/α,β-unsaturated/α-hetero) is 1. The van der Waals surface area contributed by atoms with Crippen LogP contribution in [0.2, 0.25) is 0 Å². The summed E-state index contributed by atoms with van der Waals surface area (Å²) < 4.78 is 11.8. The molecule has 0 atom stereocenters. The van der Waals surface area contributed by atoms with Gasteiger partial charge in [0.05, 0.1) is 0 Å². The molecule has 58 valence electrons. The van der Waals surface area contributed by atoms with Crippen LogP contribution in [0.15, 0.2) is 24.3 Å². The van der Waals surface area contributed by atoms with Crippen molar-refractivity contribution in [1.29, 1.82) is 0 Å². The number of nitrogen functional groups attached to an aromatic ring is 1. The Bertz CT molecular complexity index is 273. The van der Waals surface area contributed by atoms with Crippen LogP contribution in [0.1, 0.15) is 10.4 Å². The molecule has 0 aliphatic rings. The Morgan fingerprint density at radius 1 is 1.55 bits per heavy atom. The first-order valence-electron chi connectivity index (χ1n) is 3.18. The van der Waals surface area contributed by atoms with Crippen molar-refractivity contribution in [2.24, 2.45) is 0 Å². The van der Waals surface area contributed by atoms with Crippen LogP contribution in [0.3, 0.4) is 0 Å². The largest absolute Gasteiger partial charge is 0.399 e. The summed E-state index contributed by atoms with van der Waals surface area (Å²) >= 11 is 0. The van der Waals surface area contributed by atoms with Gasteiger partial charge in [-0.15, -0.1) is 0 Å². The highest BCUT2D eigenvalue weighted by Crippen LogP contribution is 2.06. The number of hydrogen-bond donors (Lipinski definition) is 1. The van der Waals surface area contributed by atoms with Crippen LogP contribution in [-0.2, 0) is 0 Å². The minimum atomic E-state index is -0.969. The van der Waals surface area contributed by atoms with Crippen molar-refractivity contribution in [3.8, 4) is 0 Å². The van der Waals surface area contributed by atoms with E-state index in [1.54, 1.807) is 12.1 Å². The SMILES string of the molecule is Nc1cccc(C(=O)CF)c1. The first kappa shape index (κ1) is 7.72. The number of rotatable bonds is 2. The Labute approximate surface area is 63.8 Å². The molecule has 0 saturated carbocycles. The van der Waals surface area contributed by atoms with Crippen molar-refractivity contribution in [2.75, 3.05) is 12.4 Å². The number of carbonyl (C=O) groups is 1. The van der Waals surface area contributed by atoms with E-state index in [0.29, 0.717) is 11.3 Å². The van der Waals surface area contributed by atoms with Gasteiger partial charge in [0.15, 0.2) is 12.5 Å². The number of benzene rings is 1. The van der Waals surface area contributed by atoms with Crippen LogP contribution >= 0.6 is 0 Å². The van der Waals surface area contributed by atoms with E-state index < -0.39 is 12.5 Å². The molecule has 1 aromatic rings. The lowest BCUT2D eigenvalue weighted by Crippen LogP contribution is -2.01. The molecule has 0 fully saturated rings. The fourth-order valence-corrected chi connectivity index (χ4v) is 0.789. The predicted molar refractivity (Wildman–Crippen MR) is 41.2 cm³/mol.